The molecular weight excluding hydrogens is 426 g/mol. The lowest BCUT2D eigenvalue weighted by Crippen LogP contribution is -2.49. The average molecular weight is 449 g/mol. The van der Waals surface area contributed by atoms with Gasteiger partial charge in [0, 0.05) is 72.9 Å². The molecule has 170 valence electrons. The van der Waals surface area contributed by atoms with E-state index < -0.39 is 23.9 Å². The van der Waals surface area contributed by atoms with Crippen LogP contribution in [0.25, 0.3) is 10.9 Å². The van der Waals surface area contributed by atoms with Gasteiger partial charge in [-0.15, -0.1) is 0 Å². The second-order valence-corrected chi connectivity index (χ2v) is 7.62. The Labute approximate surface area is 189 Å². The van der Waals surface area contributed by atoms with Crippen LogP contribution in [-0.4, -0.2) is 69.1 Å². The maximum absolute atomic E-state index is 12.2. The van der Waals surface area contributed by atoms with Gasteiger partial charge in [0.2, 0.25) is 5.91 Å². The molecule has 0 radical (unpaired) electrons. The molecule has 3 heterocycles. The molecular formula is C23H23N5O5. The lowest BCUT2D eigenvalue weighted by atomic mass is 10.0. The number of aromatic nitrogens is 2. The number of nitrogens with one attached hydrogen (secondary N) is 2. The SMILES string of the molecule is O=C(O)/C=C/C(=O)Nc1ccc2c([C@@H](C(=O)O)N3CCN(c4ccccn4)CC3)c[nH]c2c1. The molecule has 0 unspecified atom stereocenters. The molecule has 1 saturated heterocycles. The van der Waals surface area contributed by atoms with Gasteiger partial charge in [0.05, 0.1) is 0 Å². The maximum Gasteiger partial charge on any atom is 0.328 e. The molecule has 4 rings (SSSR count). The quantitative estimate of drug-likeness (QED) is 0.402. The molecule has 3 aromatic rings. The largest absolute Gasteiger partial charge is 0.480 e. The Morgan fingerprint density at radius 1 is 1.06 bits per heavy atom. The Bertz CT molecular complexity index is 1200. The van der Waals surface area contributed by atoms with Crippen molar-refractivity contribution in [2.75, 3.05) is 36.4 Å². The topological polar surface area (TPSA) is 139 Å². The third-order valence-electron chi connectivity index (χ3n) is 5.54. The van der Waals surface area contributed by atoms with Crippen molar-refractivity contribution in [2.24, 2.45) is 0 Å². The summed E-state index contributed by atoms with van der Waals surface area (Å²) in [5.41, 5.74) is 1.78. The normalized spacial score (nSPS) is 15.6. The Balaban J connectivity index is 1.51. The van der Waals surface area contributed by atoms with Gasteiger partial charge in [-0.1, -0.05) is 12.1 Å². The summed E-state index contributed by atoms with van der Waals surface area (Å²) >= 11 is 0. The highest BCUT2D eigenvalue weighted by Crippen LogP contribution is 2.31. The van der Waals surface area contributed by atoms with E-state index in [1.54, 1.807) is 30.6 Å². The van der Waals surface area contributed by atoms with Crippen LogP contribution < -0.4 is 10.2 Å². The van der Waals surface area contributed by atoms with Crippen LogP contribution in [0.4, 0.5) is 11.5 Å². The Hall–Kier alpha value is -4.18. The molecule has 0 aliphatic carbocycles. The van der Waals surface area contributed by atoms with Gasteiger partial charge >= 0.3 is 11.9 Å². The zero-order chi connectivity index (χ0) is 23.4. The van der Waals surface area contributed by atoms with E-state index in [9.17, 15) is 19.5 Å². The van der Waals surface area contributed by atoms with E-state index in [2.05, 4.69) is 20.2 Å². The molecule has 0 bridgehead atoms. The van der Waals surface area contributed by atoms with Crippen LogP contribution in [0.3, 0.4) is 0 Å². The average Bonchev–Trinajstić information content (AvgIpc) is 3.21. The molecule has 1 fully saturated rings. The van der Waals surface area contributed by atoms with Crippen molar-refractivity contribution >= 4 is 40.3 Å². The van der Waals surface area contributed by atoms with E-state index >= 15 is 0 Å². The Kier molecular flexibility index (Phi) is 6.36. The van der Waals surface area contributed by atoms with Gasteiger partial charge in [0.1, 0.15) is 11.9 Å². The van der Waals surface area contributed by atoms with Crippen LogP contribution in [0.1, 0.15) is 11.6 Å². The fourth-order valence-corrected chi connectivity index (χ4v) is 4.02. The van der Waals surface area contributed by atoms with Crippen LogP contribution in [0.2, 0.25) is 0 Å². The zero-order valence-electron chi connectivity index (χ0n) is 17.6. The van der Waals surface area contributed by atoms with E-state index in [0.29, 0.717) is 42.9 Å². The minimum atomic E-state index is -1.21. The number of amides is 1. The lowest BCUT2D eigenvalue weighted by molar-refractivity contribution is -0.143. The zero-order valence-corrected chi connectivity index (χ0v) is 17.6. The number of carbonyl (C=O) groups excluding carboxylic acids is 1. The maximum atomic E-state index is 12.2. The molecule has 1 amide bonds. The molecule has 2 aromatic heterocycles. The highest BCUT2D eigenvalue weighted by molar-refractivity contribution is 6.03. The summed E-state index contributed by atoms with van der Waals surface area (Å²) in [6.07, 6.45) is 5.11. The lowest BCUT2D eigenvalue weighted by Gasteiger charge is -2.38. The van der Waals surface area contributed by atoms with Crippen molar-refractivity contribution in [3.63, 3.8) is 0 Å². The number of piperazine rings is 1. The highest BCUT2D eigenvalue weighted by atomic mass is 16.4. The first-order valence-corrected chi connectivity index (χ1v) is 10.4. The fourth-order valence-electron chi connectivity index (χ4n) is 4.02. The molecule has 1 atom stereocenters. The number of carboxylic acid groups (broad SMARTS) is 2. The van der Waals surface area contributed by atoms with E-state index in [4.69, 9.17) is 5.11 Å². The summed E-state index contributed by atoms with van der Waals surface area (Å²) in [4.78, 5) is 46.1. The van der Waals surface area contributed by atoms with Gasteiger partial charge in [-0.3, -0.25) is 14.5 Å². The first kappa shape index (κ1) is 22.0. The summed E-state index contributed by atoms with van der Waals surface area (Å²) in [6, 6.07) is 10.0. The molecule has 33 heavy (non-hydrogen) atoms. The van der Waals surface area contributed by atoms with Crippen molar-refractivity contribution in [3.05, 3.63) is 66.5 Å². The van der Waals surface area contributed by atoms with Gasteiger partial charge in [-0.2, -0.15) is 0 Å². The number of carboxylic acids is 2. The molecule has 4 N–H and O–H groups in total. The van der Waals surface area contributed by atoms with Crippen LogP contribution >= 0.6 is 0 Å². The fraction of sp³-hybridized carbons (Fsp3) is 0.217. The van der Waals surface area contributed by atoms with E-state index in [0.717, 1.165) is 23.4 Å². The molecule has 1 aliphatic rings. The third kappa shape index (κ3) is 5.01. The summed E-state index contributed by atoms with van der Waals surface area (Å²) in [5.74, 6) is -1.84. The smallest absolute Gasteiger partial charge is 0.328 e. The number of fused-ring (bicyclic) bond motifs is 1. The standard InChI is InChI=1S/C23H23N5O5/c29-20(6-7-21(30)31)26-15-4-5-16-17(14-25-18(16)13-15)22(23(32)33)28-11-9-27(10-12-28)19-3-1-2-8-24-19/h1-8,13-14,22,25H,9-12H2,(H,26,29)(H,30,31)(H,32,33)/b7-6+/t22-/m0/s1. The Morgan fingerprint density at radius 2 is 1.85 bits per heavy atom. The molecule has 1 aliphatic heterocycles. The van der Waals surface area contributed by atoms with Crippen molar-refractivity contribution in [3.8, 4) is 0 Å². The minimum Gasteiger partial charge on any atom is -0.480 e. The number of anilines is 2. The van der Waals surface area contributed by atoms with Crippen molar-refractivity contribution in [2.45, 2.75) is 6.04 Å². The van der Waals surface area contributed by atoms with Crippen LogP contribution in [0.5, 0.6) is 0 Å². The van der Waals surface area contributed by atoms with E-state index in [1.165, 1.54) is 0 Å². The molecule has 0 spiro atoms. The number of benzene rings is 1. The van der Waals surface area contributed by atoms with Crippen LogP contribution in [0.15, 0.2) is 60.9 Å². The number of rotatable bonds is 7. The summed E-state index contributed by atoms with van der Waals surface area (Å²) in [7, 11) is 0. The van der Waals surface area contributed by atoms with Crippen molar-refractivity contribution in [1.82, 2.24) is 14.9 Å². The molecule has 10 heteroatoms. The number of hydrogen-bond donors (Lipinski definition) is 4. The number of pyridine rings is 1. The van der Waals surface area contributed by atoms with E-state index in [-0.39, 0.29) is 0 Å². The number of H-pyrrole nitrogens is 1. The first-order chi connectivity index (χ1) is 15.9. The van der Waals surface area contributed by atoms with Gasteiger partial charge < -0.3 is 25.4 Å². The second-order valence-electron chi connectivity index (χ2n) is 7.62. The minimum absolute atomic E-state index is 0.465. The van der Waals surface area contributed by atoms with Gasteiger partial charge in [-0.25, -0.2) is 9.78 Å². The first-order valence-electron chi connectivity index (χ1n) is 10.4. The van der Waals surface area contributed by atoms with Gasteiger partial charge in [0.15, 0.2) is 0 Å². The van der Waals surface area contributed by atoms with Crippen molar-refractivity contribution < 1.29 is 24.6 Å². The highest BCUT2D eigenvalue weighted by Gasteiger charge is 2.32. The molecule has 1 aromatic carbocycles. The number of carbonyl (C=O) groups is 3. The van der Waals surface area contributed by atoms with Crippen LogP contribution in [0, 0.1) is 0 Å². The van der Waals surface area contributed by atoms with E-state index in [1.807, 2.05) is 23.1 Å². The predicted octanol–water partition coefficient (Wildman–Crippen LogP) is 2.09. The molecule has 10 nitrogen and oxygen atoms in total. The number of nitrogens with zero attached hydrogens (tertiary/aromatic N) is 3. The summed E-state index contributed by atoms with van der Waals surface area (Å²) in [6.45, 7) is 2.49. The second kappa shape index (κ2) is 9.53. The van der Waals surface area contributed by atoms with Crippen molar-refractivity contribution in [1.29, 1.82) is 0 Å². The number of aromatic amines is 1. The third-order valence-corrected chi connectivity index (χ3v) is 5.54. The summed E-state index contributed by atoms with van der Waals surface area (Å²) in [5, 5.41) is 22.0. The molecule has 0 saturated carbocycles. The predicted molar refractivity (Wildman–Crippen MR) is 122 cm³/mol. The van der Waals surface area contributed by atoms with Gasteiger partial charge in [0.25, 0.3) is 0 Å². The van der Waals surface area contributed by atoms with Gasteiger partial charge in [-0.05, 0) is 24.3 Å². The summed E-state index contributed by atoms with van der Waals surface area (Å²) < 4.78 is 0. The Morgan fingerprint density at radius 3 is 2.52 bits per heavy atom. The number of aliphatic carboxylic acids is 2. The number of hydrogen-bond acceptors (Lipinski definition) is 6. The van der Waals surface area contributed by atoms with Crippen LogP contribution in [-0.2, 0) is 14.4 Å². The monoisotopic (exact) mass is 449 g/mol.